The molecule has 3 heterocycles. The van der Waals surface area contributed by atoms with E-state index in [1.54, 1.807) is 23.0 Å². The highest BCUT2D eigenvalue weighted by Gasteiger charge is 2.09. The molecule has 3 aromatic heterocycles. The summed E-state index contributed by atoms with van der Waals surface area (Å²) in [7, 11) is 0. The van der Waals surface area contributed by atoms with Crippen LogP contribution in [0.15, 0.2) is 40.9 Å². The van der Waals surface area contributed by atoms with E-state index in [-0.39, 0.29) is 5.56 Å². The number of hydrogen-bond acceptors (Lipinski definition) is 4. The van der Waals surface area contributed by atoms with Gasteiger partial charge < -0.3 is 0 Å². The van der Waals surface area contributed by atoms with E-state index in [1.807, 2.05) is 36.6 Å². The van der Waals surface area contributed by atoms with Crippen LogP contribution in [0.1, 0.15) is 23.7 Å². The van der Waals surface area contributed by atoms with Gasteiger partial charge in [0.15, 0.2) is 4.96 Å². The minimum atomic E-state index is 0.0181. The number of aromatic nitrogens is 3. The number of pyridine rings is 1. The van der Waals surface area contributed by atoms with Crippen molar-refractivity contribution < 1.29 is 0 Å². The van der Waals surface area contributed by atoms with Crippen molar-refractivity contribution in [1.82, 2.24) is 14.4 Å². The first-order chi connectivity index (χ1) is 9.79. The van der Waals surface area contributed by atoms with Gasteiger partial charge in [-0.3, -0.25) is 14.2 Å². The molecule has 0 aromatic carbocycles. The Hall–Kier alpha value is -2.27. The lowest BCUT2D eigenvalue weighted by molar-refractivity contribution is 0.976. The summed E-state index contributed by atoms with van der Waals surface area (Å²) in [6.45, 7) is 1.97. The molecule has 0 atom stereocenters. The molecule has 100 valence electrons. The maximum Gasteiger partial charge on any atom is 0.262 e. The Morgan fingerprint density at radius 3 is 3.05 bits per heavy atom. The van der Waals surface area contributed by atoms with Crippen LogP contribution in [-0.4, -0.2) is 14.4 Å². The maximum atomic E-state index is 12.3. The van der Waals surface area contributed by atoms with Gasteiger partial charge in [0.05, 0.1) is 5.69 Å². The van der Waals surface area contributed by atoms with Crippen molar-refractivity contribution in [3.8, 4) is 0 Å². The predicted molar refractivity (Wildman–Crippen MR) is 81.9 cm³/mol. The second kappa shape index (κ2) is 5.38. The molecule has 0 fully saturated rings. The number of thiazole rings is 1. The van der Waals surface area contributed by atoms with Gasteiger partial charge in [-0.2, -0.15) is 0 Å². The Balaban J connectivity index is 2.11. The molecule has 20 heavy (non-hydrogen) atoms. The molecular formula is C15H13N3OS. The second-order valence-corrected chi connectivity index (χ2v) is 5.18. The number of nitrogens with zero attached hydrogens (tertiary/aromatic N) is 3. The van der Waals surface area contributed by atoms with Crippen molar-refractivity contribution in [3.05, 3.63) is 63.3 Å². The summed E-state index contributed by atoms with van der Waals surface area (Å²) < 4.78 is 1.60. The van der Waals surface area contributed by atoms with Crippen LogP contribution in [0, 0.1) is 0 Å². The molecule has 3 rings (SSSR count). The van der Waals surface area contributed by atoms with Crippen LogP contribution >= 0.6 is 11.3 Å². The molecule has 0 unspecified atom stereocenters. The molecule has 0 spiro atoms. The van der Waals surface area contributed by atoms with Gasteiger partial charge in [0.1, 0.15) is 0 Å². The van der Waals surface area contributed by atoms with Crippen molar-refractivity contribution in [3.63, 3.8) is 0 Å². The van der Waals surface area contributed by atoms with E-state index in [4.69, 9.17) is 0 Å². The van der Waals surface area contributed by atoms with Gasteiger partial charge >= 0.3 is 0 Å². The van der Waals surface area contributed by atoms with Crippen molar-refractivity contribution in [2.24, 2.45) is 0 Å². The Morgan fingerprint density at radius 2 is 2.30 bits per heavy atom. The van der Waals surface area contributed by atoms with Gasteiger partial charge in [-0.1, -0.05) is 19.1 Å². The van der Waals surface area contributed by atoms with Crippen LogP contribution in [0.5, 0.6) is 0 Å². The first-order valence-corrected chi connectivity index (χ1v) is 7.24. The number of fused-ring (bicyclic) bond motifs is 1. The lowest BCUT2D eigenvalue weighted by atomic mass is 10.1. The first kappa shape index (κ1) is 12.7. The Morgan fingerprint density at radius 1 is 1.40 bits per heavy atom. The quantitative estimate of drug-likeness (QED) is 0.742. The third-order valence-corrected chi connectivity index (χ3v) is 3.82. The fourth-order valence-electron chi connectivity index (χ4n) is 2.05. The standard InChI is InChI=1S/C15H13N3OS/c1-2-12-13(6-5-11-4-3-7-16-10-11)17-15-18(14(12)19)8-9-20-15/h3-10H,2H2,1H3/b6-5+. The molecule has 0 N–H and O–H groups in total. The van der Waals surface area contributed by atoms with Crippen LogP contribution < -0.4 is 5.56 Å². The van der Waals surface area contributed by atoms with Crippen molar-refractivity contribution in [2.45, 2.75) is 13.3 Å². The summed E-state index contributed by atoms with van der Waals surface area (Å²) in [5.74, 6) is 0. The molecule has 0 radical (unpaired) electrons. The van der Waals surface area contributed by atoms with Gasteiger partial charge in [-0.25, -0.2) is 4.98 Å². The van der Waals surface area contributed by atoms with Crippen LogP contribution in [-0.2, 0) is 6.42 Å². The Bertz CT molecular complexity index is 818. The molecular weight excluding hydrogens is 270 g/mol. The zero-order valence-corrected chi connectivity index (χ0v) is 11.8. The summed E-state index contributed by atoms with van der Waals surface area (Å²) >= 11 is 1.46. The normalized spacial score (nSPS) is 11.4. The van der Waals surface area contributed by atoms with Crippen molar-refractivity contribution in [1.29, 1.82) is 0 Å². The Labute approximate surface area is 120 Å². The molecule has 5 heteroatoms. The molecule has 0 aliphatic rings. The van der Waals surface area contributed by atoms with E-state index in [9.17, 15) is 4.79 Å². The van der Waals surface area contributed by atoms with Gasteiger partial charge in [0.25, 0.3) is 5.56 Å². The summed E-state index contributed by atoms with van der Waals surface area (Å²) in [4.78, 5) is 21.7. The average Bonchev–Trinajstić information content (AvgIpc) is 2.95. The van der Waals surface area contributed by atoms with E-state index in [0.717, 1.165) is 21.8 Å². The lowest BCUT2D eigenvalue weighted by Gasteiger charge is -2.03. The second-order valence-electron chi connectivity index (χ2n) is 4.31. The molecule has 0 saturated heterocycles. The summed E-state index contributed by atoms with van der Waals surface area (Å²) in [5, 5.41) is 1.87. The number of rotatable bonds is 3. The summed E-state index contributed by atoms with van der Waals surface area (Å²) in [5.41, 5.74) is 2.48. The van der Waals surface area contributed by atoms with E-state index in [0.29, 0.717) is 6.42 Å². The maximum absolute atomic E-state index is 12.3. The van der Waals surface area contributed by atoms with Crippen LogP contribution in [0.3, 0.4) is 0 Å². The monoisotopic (exact) mass is 283 g/mol. The van der Waals surface area contributed by atoms with Crippen molar-refractivity contribution >= 4 is 28.4 Å². The fraction of sp³-hybridized carbons (Fsp3) is 0.133. The summed E-state index contributed by atoms with van der Waals surface area (Å²) in [6.07, 6.45) is 9.76. The van der Waals surface area contributed by atoms with Crippen molar-refractivity contribution in [2.75, 3.05) is 0 Å². The van der Waals surface area contributed by atoms with Crippen LogP contribution in [0.4, 0.5) is 0 Å². The van der Waals surface area contributed by atoms with Gasteiger partial charge in [0.2, 0.25) is 0 Å². The molecule has 0 saturated carbocycles. The molecule has 0 amide bonds. The largest absolute Gasteiger partial charge is 0.269 e. The van der Waals surface area contributed by atoms with Gasteiger partial charge in [0, 0.05) is 29.5 Å². The van der Waals surface area contributed by atoms with E-state index >= 15 is 0 Å². The first-order valence-electron chi connectivity index (χ1n) is 6.36. The summed E-state index contributed by atoms with van der Waals surface area (Å²) in [6, 6.07) is 3.84. The third-order valence-electron chi connectivity index (χ3n) is 3.06. The number of hydrogen-bond donors (Lipinski definition) is 0. The van der Waals surface area contributed by atoms with E-state index < -0.39 is 0 Å². The minimum Gasteiger partial charge on any atom is -0.269 e. The zero-order valence-electron chi connectivity index (χ0n) is 11.0. The van der Waals surface area contributed by atoms with Crippen LogP contribution in [0.2, 0.25) is 0 Å². The fourth-order valence-corrected chi connectivity index (χ4v) is 2.77. The predicted octanol–water partition coefficient (Wildman–Crippen LogP) is 2.88. The van der Waals surface area contributed by atoms with Crippen LogP contribution in [0.25, 0.3) is 17.1 Å². The molecule has 0 aliphatic heterocycles. The smallest absolute Gasteiger partial charge is 0.262 e. The topological polar surface area (TPSA) is 47.3 Å². The highest BCUT2D eigenvalue weighted by atomic mass is 32.1. The van der Waals surface area contributed by atoms with Gasteiger partial charge in [-0.05, 0) is 24.1 Å². The SMILES string of the molecule is CCc1c(/C=C/c2cccnc2)nc2sccn2c1=O. The molecule has 4 nitrogen and oxygen atoms in total. The highest BCUT2D eigenvalue weighted by Crippen LogP contribution is 2.13. The zero-order chi connectivity index (χ0) is 13.9. The lowest BCUT2D eigenvalue weighted by Crippen LogP contribution is -2.19. The minimum absolute atomic E-state index is 0.0181. The molecule has 0 bridgehead atoms. The van der Waals surface area contributed by atoms with E-state index in [1.165, 1.54) is 11.3 Å². The molecule has 0 aliphatic carbocycles. The third kappa shape index (κ3) is 2.28. The average molecular weight is 283 g/mol. The molecule has 3 aromatic rings. The van der Waals surface area contributed by atoms with E-state index in [2.05, 4.69) is 9.97 Å². The van der Waals surface area contributed by atoms with Gasteiger partial charge in [-0.15, -0.1) is 11.3 Å². The Kier molecular flexibility index (Phi) is 3.43. The highest BCUT2D eigenvalue weighted by molar-refractivity contribution is 7.15.